The number of hydrazone groups is 1. The van der Waals surface area contributed by atoms with E-state index in [1.54, 1.807) is 25.3 Å². The summed E-state index contributed by atoms with van der Waals surface area (Å²) >= 11 is 3.39. The Morgan fingerprint density at radius 3 is 2.84 bits per heavy atom. The minimum absolute atomic E-state index is 0.361. The first-order valence-corrected chi connectivity index (χ1v) is 8.14. The summed E-state index contributed by atoms with van der Waals surface area (Å²) in [6.07, 6.45) is 2.81. The minimum Gasteiger partial charge on any atom is -0.493 e. The molecule has 2 aromatic heterocycles. The van der Waals surface area contributed by atoms with Gasteiger partial charge in [-0.15, -0.1) is 0 Å². The van der Waals surface area contributed by atoms with Gasteiger partial charge in [0.05, 0.1) is 18.9 Å². The zero-order valence-corrected chi connectivity index (χ0v) is 15.5. The van der Waals surface area contributed by atoms with Crippen LogP contribution in [0.2, 0.25) is 0 Å². The Bertz CT molecular complexity index is 943. The molecule has 25 heavy (non-hydrogen) atoms. The van der Waals surface area contributed by atoms with Gasteiger partial charge in [0.1, 0.15) is 12.0 Å². The molecule has 130 valence electrons. The molecule has 0 saturated heterocycles. The number of carbonyl (C=O) groups excluding carboxylic acids is 1. The van der Waals surface area contributed by atoms with Crippen molar-refractivity contribution >= 4 is 44.9 Å². The predicted molar refractivity (Wildman–Crippen MR) is 98.6 cm³/mol. The highest BCUT2D eigenvalue weighted by Crippen LogP contribution is 2.33. The van der Waals surface area contributed by atoms with Crippen LogP contribution in [-0.4, -0.2) is 33.3 Å². The maximum atomic E-state index is 12.4. The quantitative estimate of drug-likeness (QED) is 0.517. The third-order valence-corrected chi connectivity index (χ3v) is 3.94. The number of nitrogens with zero attached hydrogens (tertiary/aromatic N) is 2. The molecule has 8 heteroatoms. The molecule has 0 aliphatic rings. The van der Waals surface area contributed by atoms with Crippen molar-refractivity contribution in [3.63, 3.8) is 0 Å². The van der Waals surface area contributed by atoms with Crippen LogP contribution >= 0.6 is 15.9 Å². The second-order valence-corrected chi connectivity index (χ2v) is 6.32. The van der Waals surface area contributed by atoms with E-state index in [2.05, 4.69) is 26.5 Å². The molecule has 2 heterocycles. The Morgan fingerprint density at radius 2 is 2.16 bits per heavy atom. The Balaban J connectivity index is 1.78. The molecular weight excluding hydrogens is 390 g/mol. The smallest absolute Gasteiger partial charge is 0.275 e. The van der Waals surface area contributed by atoms with Crippen molar-refractivity contribution < 1.29 is 18.4 Å². The number of nitrogens with one attached hydrogen (secondary N) is 1. The number of anilines is 1. The summed E-state index contributed by atoms with van der Waals surface area (Å²) in [5.74, 6) is 1.38. The van der Waals surface area contributed by atoms with Crippen molar-refractivity contribution in [3.05, 3.63) is 46.3 Å². The molecule has 0 saturated carbocycles. The van der Waals surface area contributed by atoms with Gasteiger partial charge in [-0.2, -0.15) is 5.10 Å². The summed E-state index contributed by atoms with van der Waals surface area (Å²) in [7, 11) is 5.29. The number of rotatable bonds is 5. The molecule has 3 aromatic rings. The van der Waals surface area contributed by atoms with Gasteiger partial charge in [-0.05, 0) is 18.2 Å². The number of hydrogen-bond acceptors (Lipinski definition) is 6. The molecule has 3 rings (SSSR count). The maximum absolute atomic E-state index is 12.4. The average molecular weight is 406 g/mol. The lowest BCUT2D eigenvalue weighted by Crippen LogP contribution is -2.17. The normalized spacial score (nSPS) is 11.2. The molecule has 0 aliphatic carbocycles. The van der Waals surface area contributed by atoms with Gasteiger partial charge in [0.2, 0.25) is 0 Å². The first-order chi connectivity index (χ1) is 12.0. The number of furan rings is 2. The molecule has 0 unspecified atom stereocenters. The summed E-state index contributed by atoms with van der Waals surface area (Å²) in [5.41, 5.74) is 3.32. The van der Waals surface area contributed by atoms with E-state index in [9.17, 15) is 4.79 Å². The van der Waals surface area contributed by atoms with Crippen LogP contribution < -0.4 is 15.1 Å². The van der Waals surface area contributed by atoms with Crippen LogP contribution in [0.5, 0.6) is 5.75 Å². The highest BCUT2D eigenvalue weighted by atomic mass is 79.9. The SMILES string of the molecule is COc1cc(Br)cc2c(C(=O)N/N=C/c3ccc(N(C)C)o3)coc12. The summed E-state index contributed by atoms with van der Waals surface area (Å²) in [6.45, 7) is 0. The van der Waals surface area contributed by atoms with Crippen molar-refractivity contribution in [1.82, 2.24) is 5.43 Å². The number of halogens is 1. The average Bonchev–Trinajstić information content (AvgIpc) is 3.20. The fraction of sp³-hybridized carbons (Fsp3) is 0.176. The molecule has 0 bridgehead atoms. The monoisotopic (exact) mass is 405 g/mol. The highest BCUT2D eigenvalue weighted by Gasteiger charge is 2.17. The summed E-state index contributed by atoms with van der Waals surface area (Å²) in [5, 5.41) is 4.55. The fourth-order valence-electron chi connectivity index (χ4n) is 2.27. The lowest BCUT2D eigenvalue weighted by Gasteiger charge is -2.05. The lowest BCUT2D eigenvalue weighted by atomic mass is 10.1. The van der Waals surface area contributed by atoms with E-state index in [1.165, 1.54) is 12.5 Å². The standard InChI is InChI=1S/C17H16BrN3O4/c1-21(2)15-5-4-11(25-15)8-19-20-17(22)13-9-24-16-12(13)6-10(18)7-14(16)23-3/h4-9H,1-3H3,(H,20,22)/b19-8+. The summed E-state index contributed by atoms with van der Waals surface area (Å²) < 4.78 is 17.0. The second-order valence-electron chi connectivity index (χ2n) is 5.40. The van der Waals surface area contributed by atoms with Gasteiger partial charge in [0.15, 0.2) is 17.2 Å². The molecule has 0 atom stereocenters. The van der Waals surface area contributed by atoms with E-state index < -0.39 is 5.91 Å². The van der Waals surface area contributed by atoms with Gasteiger partial charge >= 0.3 is 0 Å². The topological polar surface area (TPSA) is 80.2 Å². The third-order valence-electron chi connectivity index (χ3n) is 3.48. The van der Waals surface area contributed by atoms with Crippen LogP contribution in [0.1, 0.15) is 16.1 Å². The van der Waals surface area contributed by atoms with Gasteiger partial charge in [0.25, 0.3) is 5.91 Å². The van der Waals surface area contributed by atoms with Crippen LogP contribution in [0.15, 0.2) is 48.9 Å². The van der Waals surface area contributed by atoms with E-state index in [1.807, 2.05) is 25.1 Å². The summed E-state index contributed by atoms with van der Waals surface area (Å²) in [6, 6.07) is 7.14. The van der Waals surface area contributed by atoms with Crippen molar-refractivity contribution in [2.24, 2.45) is 5.10 Å². The fourth-order valence-corrected chi connectivity index (χ4v) is 2.70. The summed E-state index contributed by atoms with van der Waals surface area (Å²) in [4.78, 5) is 14.2. The first-order valence-electron chi connectivity index (χ1n) is 7.35. The largest absolute Gasteiger partial charge is 0.493 e. The van der Waals surface area contributed by atoms with E-state index in [-0.39, 0.29) is 0 Å². The zero-order chi connectivity index (χ0) is 18.0. The highest BCUT2D eigenvalue weighted by molar-refractivity contribution is 9.10. The van der Waals surface area contributed by atoms with Crippen LogP contribution in [-0.2, 0) is 0 Å². The Hall–Kier alpha value is -2.74. The van der Waals surface area contributed by atoms with Gasteiger partial charge in [0, 0.05) is 30.0 Å². The Morgan fingerprint density at radius 1 is 1.36 bits per heavy atom. The van der Waals surface area contributed by atoms with E-state index in [0.29, 0.717) is 33.9 Å². The maximum Gasteiger partial charge on any atom is 0.275 e. The first kappa shape index (κ1) is 17.1. The number of ether oxygens (including phenoxy) is 1. The predicted octanol–water partition coefficient (Wildman–Crippen LogP) is 3.63. The van der Waals surface area contributed by atoms with Crippen LogP contribution in [0.4, 0.5) is 5.88 Å². The molecular formula is C17H16BrN3O4. The molecule has 0 radical (unpaired) electrons. The van der Waals surface area contributed by atoms with Gasteiger partial charge in [-0.1, -0.05) is 15.9 Å². The van der Waals surface area contributed by atoms with Crippen LogP contribution in [0.25, 0.3) is 11.0 Å². The molecule has 1 N–H and O–H groups in total. The van der Waals surface area contributed by atoms with Gasteiger partial charge in [-0.3, -0.25) is 4.79 Å². The van der Waals surface area contributed by atoms with Crippen molar-refractivity contribution in [1.29, 1.82) is 0 Å². The van der Waals surface area contributed by atoms with Crippen LogP contribution in [0, 0.1) is 0 Å². The number of fused-ring (bicyclic) bond motifs is 1. The number of hydrogen-bond donors (Lipinski definition) is 1. The van der Waals surface area contributed by atoms with E-state index in [4.69, 9.17) is 13.6 Å². The van der Waals surface area contributed by atoms with Crippen molar-refractivity contribution in [2.45, 2.75) is 0 Å². The van der Waals surface area contributed by atoms with Gasteiger partial charge in [-0.25, -0.2) is 5.43 Å². The molecule has 1 amide bonds. The van der Waals surface area contributed by atoms with E-state index >= 15 is 0 Å². The van der Waals surface area contributed by atoms with Crippen LogP contribution in [0.3, 0.4) is 0 Å². The number of benzene rings is 1. The molecule has 1 aromatic carbocycles. The van der Waals surface area contributed by atoms with Gasteiger partial charge < -0.3 is 18.5 Å². The van der Waals surface area contributed by atoms with Crippen molar-refractivity contribution in [2.75, 3.05) is 26.1 Å². The zero-order valence-electron chi connectivity index (χ0n) is 13.9. The molecule has 0 fully saturated rings. The molecule has 7 nitrogen and oxygen atoms in total. The Kier molecular flexibility index (Phi) is 4.80. The lowest BCUT2D eigenvalue weighted by molar-refractivity contribution is 0.0956. The minimum atomic E-state index is -0.394. The third kappa shape index (κ3) is 3.53. The molecule has 0 aliphatic heterocycles. The number of carbonyl (C=O) groups is 1. The number of amides is 1. The second kappa shape index (κ2) is 7.02. The number of methoxy groups -OCH3 is 1. The molecule has 0 spiro atoms. The Labute approximate surface area is 152 Å². The van der Waals surface area contributed by atoms with E-state index in [0.717, 1.165) is 4.47 Å². The van der Waals surface area contributed by atoms with Crippen molar-refractivity contribution in [3.8, 4) is 5.75 Å².